The van der Waals surface area contributed by atoms with Gasteiger partial charge in [-0.3, -0.25) is 4.99 Å². The molecule has 0 aromatic heterocycles. The Morgan fingerprint density at radius 2 is 2.14 bits per heavy atom. The van der Waals surface area contributed by atoms with Crippen LogP contribution < -0.4 is 0 Å². The van der Waals surface area contributed by atoms with Gasteiger partial charge in [0, 0.05) is 6.54 Å². The Bertz CT molecular complexity index is 367. The molecule has 0 N–H and O–H groups in total. The van der Waals surface area contributed by atoms with Gasteiger partial charge in [-0.2, -0.15) is 0 Å². The maximum atomic E-state index is 4.41. The summed E-state index contributed by atoms with van der Waals surface area (Å²) in [5, 5.41) is 0. The zero-order chi connectivity index (χ0) is 9.38. The van der Waals surface area contributed by atoms with Gasteiger partial charge in [0.05, 0.1) is 0 Å². The normalized spacial score (nSPS) is 29.4. The van der Waals surface area contributed by atoms with E-state index in [1.165, 1.54) is 12.8 Å². The monoisotopic (exact) mass is 185 g/mol. The van der Waals surface area contributed by atoms with Crippen LogP contribution in [0.3, 0.4) is 0 Å². The van der Waals surface area contributed by atoms with Gasteiger partial charge < -0.3 is 0 Å². The number of aliphatic imine (C=N–C) groups is 1. The Morgan fingerprint density at radius 1 is 1.21 bits per heavy atom. The maximum Gasteiger partial charge on any atom is 0.0419 e. The second-order valence-corrected chi connectivity index (χ2v) is 4.39. The number of aryl methyl sites for hydroxylation is 1. The molecule has 1 aliphatic heterocycles. The molecule has 14 heavy (non-hydrogen) atoms. The zero-order valence-electron chi connectivity index (χ0n) is 8.32. The van der Waals surface area contributed by atoms with Gasteiger partial charge in [-0.25, -0.2) is 0 Å². The van der Waals surface area contributed by atoms with Crippen molar-refractivity contribution in [3.63, 3.8) is 0 Å². The summed E-state index contributed by atoms with van der Waals surface area (Å²) in [6.45, 7) is 1.05. The molecule has 0 saturated carbocycles. The number of fused-ring (bicyclic) bond motifs is 3. The summed E-state index contributed by atoms with van der Waals surface area (Å²) in [4.78, 5) is 4.41. The minimum absolute atomic E-state index is 0.762. The molecule has 0 saturated heterocycles. The van der Waals surface area contributed by atoms with Crippen LogP contribution in [0.25, 0.3) is 0 Å². The lowest BCUT2D eigenvalue weighted by Gasteiger charge is -2.34. The van der Waals surface area contributed by atoms with Crippen molar-refractivity contribution >= 4 is 6.21 Å². The number of hydrogen-bond donors (Lipinski definition) is 0. The second kappa shape index (κ2) is 3.23. The first-order valence-electron chi connectivity index (χ1n) is 5.51. The van der Waals surface area contributed by atoms with Gasteiger partial charge in [0.25, 0.3) is 0 Å². The van der Waals surface area contributed by atoms with Crippen molar-refractivity contribution in [2.75, 3.05) is 6.54 Å². The Kier molecular flexibility index (Phi) is 1.90. The van der Waals surface area contributed by atoms with E-state index in [-0.39, 0.29) is 0 Å². The van der Waals surface area contributed by atoms with Gasteiger partial charge in [0.15, 0.2) is 0 Å². The summed E-state index contributed by atoms with van der Waals surface area (Å²) in [5.41, 5.74) is 3.17. The molecule has 2 atom stereocenters. The maximum absolute atomic E-state index is 4.41. The van der Waals surface area contributed by atoms with Crippen LogP contribution in [-0.2, 0) is 6.42 Å². The number of benzene rings is 1. The molecule has 0 radical (unpaired) electrons. The highest BCUT2D eigenvalue weighted by Gasteiger charge is 2.29. The quantitative estimate of drug-likeness (QED) is 0.589. The standard InChI is InChI=1S/C13H15N/c1-2-4-12-10(3-1)5-6-11-9-14-8-7-13(11)12/h1-4,8,11,13H,5-7,9H2/t11-,13-/m1/s1. The van der Waals surface area contributed by atoms with E-state index in [4.69, 9.17) is 0 Å². The molecule has 0 unspecified atom stereocenters. The van der Waals surface area contributed by atoms with E-state index in [1.54, 1.807) is 11.1 Å². The molecule has 1 heterocycles. The van der Waals surface area contributed by atoms with Gasteiger partial charge in [-0.15, -0.1) is 0 Å². The van der Waals surface area contributed by atoms with Crippen molar-refractivity contribution in [1.29, 1.82) is 0 Å². The molecule has 1 heteroatoms. The average molecular weight is 185 g/mol. The van der Waals surface area contributed by atoms with Gasteiger partial charge in [0.1, 0.15) is 0 Å². The highest BCUT2D eigenvalue weighted by atomic mass is 14.7. The van der Waals surface area contributed by atoms with E-state index in [0.29, 0.717) is 0 Å². The summed E-state index contributed by atoms with van der Waals surface area (Å²) in [6, 6.07) is 8.94. The van der Waals surface area contributed by atoms with Crippen molar-refractivity contribution in [3.05, 3.63) is 35.4 Å². The SMILES string of the molecule is C1=NC[C@H]2CCc3ccccc3[C@@H]2C1. The van der Waals surface area contributed by atoms with Gasteiger partial charge in [-0.1, -0.05) is 24.3 Å². The fourth-order valence-electron chi connectivity index (χ4n) is 2.86. The predicted molar refractivity (Wildman–Crippen MR) is 59.0 cm³/mol. The van der Waals surface area contributed by atoms with Crippen LogP contribution in [0.1, 0.15) is 29.9 Å². The fourth-order valence-corrected chi connectivity index (χ4v) is 2.86. The van der Waals surface area contributed by atoms with Crippen molar-refractivity contribution in [1.82, 2.24) is 0 Å². The Balaban J connectivity index is 2.04. The Labute approximate surface area is 84.9 Å². The van der Waals surface area contributed by atoms with E-state index in [0.717, 1.165) is 24.8 Å². The average Bonchev–Trinajstić information content (AvgIpc) is 2.29. The van der Waals surface area contributed by atoms with Crippen molar-refractivity contribution < 1.29 is 0 Å². The predicted octanol–water partition coefficient (Wildman–Crippen LogP) is 2.81. The molecular weight excluding hydrogens is 170 g/mol. The molecule has 72 valence electrons. The Morgan fingerprint density at radius 3 is 3.14 bits per heavy atom. The van der Waals surface area contributed by atoms with Crippen LogP contribution in [0, 0.1) is 5.92 Å². The third-order valence-corrected chi connectivity index (χ3v) is 3.64. The summed E-state index contributed by atoms with van der Waals surface area (Å²) in [5.74, 6) is 1.58. The van der Waals surface area contributed by atoms with Crippen LogP contribution in [0.4, 0.5) is 0 Å². The van der Waals surface area contributed by atoms with Crippen LogP contribution in [-0.4, -0.2) is 12.8 Å². The zero-order valence-corrected chi connectivity index (χ0v) is 8.32. The summed E-state index contributed by atoms with van der Waals surface area (Å²) in [6.07, 6.45) is 5.86. The lowest BCUT2D eigenvalue weighted by atomic mass is 9.73. The molecule has 3 rings (SSSR count). The van der Waals surface area contributed by atoms with E-state index in [2.05, 4.69) is 35.5 Å². The molecule has 1 aliphatic carbocycles. The van der Waals surface area contributed by atoms with E-state index >= 15 is 0 Å². The van der Waals surface area contributed by atoms with Crippen LogP contribution in [0.5, 0.6) is 0 Å². The minimum Gasteiger partial charge on any atom is -0.297 e. The lowest BCUT2D eigenvalue weighted by Crippen LogP contribution is -2.26. The lowest BCUT2D eigenvalue weighted by molar-refractivity contribution is 0.378. The molecular formula is C13H15N. The van der Waals surface area contributed by atoms with E-state index < -0.39 is 0 Å². The first kappa shape index (κ1) is 8.22. The molecule has 2 aliphatic rings. The first-order chi connectivity index (χ1) is 6.95. The smallest absolute Gasteiger partial charge is 0.0419 e. The summed E-state index contributed by atoms with van der Waals surface area (Å²) in [7, 11) is 0. The minimum atomic E-state index is 0.762. The molecule has 1 nitrogen and oxygen atoms in total. The molecule has 0 bridgehead atoms. The number of hydrogen-bond acceptors (Lipinski definition) is 1. The van der Waals surface area contributed by atoms with Crippen LogP contribution in [0.2, 0.25) is 0 Å². The molecule has 0 fully saturated rings. The van der Waals surface area contributed by atoms with Gasteiger partial charge in [-0.05, 0) is 48.4 Å². The summed E-state index contributed by atoms with van der Waals surface area (Å²) < 4.78 is 0. The van der Waals surface area contributed by atoms with Gasteiger partial charge in [0.2, 0.25) is 0 Å². The van der Waals surface area contributed by atoms with Crippen molar-refractivity contribution in [2.24, 2.45) is 10.9 Å². The third-order valence-electron chi connectivity index (χ3n) is 3.64. The number of rotatable bonds is 0. The topological polar surface area (TPSA) is 12.4 Å². The van der Waals surface area contributed by atoms with Crippen molar-refractivity contribution in [2.45, 2.75) is 25.2 Å². The van der Waals surface area contributed by atoms with Gasteiger partial charge >= 0.3 is 0 Å². The largest absolute Gasteiger partial charge is 0.297 e. The number of nitrogens with zero attached hydrogens (tertiary/aromatic N) is 1. The Hall–Kier alpha value is -1.11. The highest BCUT2D eigenvalue weighted by molar-refractivity contribution is 5.61. The third kappa shape index (κ3) is 1.19. The fraction of sp³-hybridized carbons (Fsp3) is 0.462. The van der Waals surface area contributed by atoms with E-state index in [9.17, 15) is 0 Å². The van der Waals surface area contributed by atoms with E-state index in [1.807, 2.05) is 0 Å². The highest BCUT2D eigenvalue weighted by Crippen LogP contribution is 2.39. The molecule has 0 amide bonds. The van der Waals surface area contributed by atoms with Crippen molar-refractivity contribution in [3.8, 4) is 0 Å². The molecule has 1 aromatic rings. The summed E-state index contributed by atoms with van der Waals surface area (Å²) >= 11 is 0. The molecule has 1 aromatic carbocycles. The second-order valence-electron chi connectivity index (χ2n) is 4.39. The van der Waals surface area contributed by atoms with Crippen LogP contribution >= 0.6 is 0 Å². The van der Waals surface area contributed by atoms with Crippen LogP contribution in [0.15, 0.2) is 29.3 Å². The first-order valence-corrected chi connectivity index (χ1v) is 5.51. The molecule has 0 spiro atoms.